The molecule has 1 amide bonds. The van der Waals surface area contributed by atoms with Crippen LogP contribution in [0.15, 0.2) is 42.7 Å². The zero-order chi connectivity index (χ0) is 16.7. The third-order valence-electron chi connectivity index (χ3n) is 3.50. The van der Waals surface area contributed by atoms with Crippen LogP contribution in [0.1, 0.15) is 37.3 Å². The monoisotopic (exact) mass is 331 g/mol. The van der Waals surface area contributed by atoms with Gasteiger partial charge in [-0.1, -0.05) is 49.7 Å². The summed E-state index contributed by atoms with van der Waals surface area (Å²) in [5.74, 6) is 0.428. The fourth-order valence-corrected chi connectivity index (χ4v) is 2.29. The third kappa shape index (κ3) is 5.91. The maximum Gasteiger partial charge on any atom is 0.244 e. The molecule has 23 heavy (non-hydrogen) atoms. The van der Waals surface area contributed by atoms with E-state index in [2.05, 4.69) is 36.4 Å². The molecule has 2 rings (SSSR count). The van der Waals surface area contributed by atoms with Gasteiger partial charge in [0.2, 0.25) is 5.91 Å². The van der Waals surface area contributed by atoms with E-state index in [1.165, 1.54) is 5.56 Å². The van der Waals surface area contributed by atoms with Crippen molar-refractivity contribution in [2.24, 2.45) is 0 Å². The number of hydrogen-bond acceptors (Lipinski definition) is 2. The summed E-state index contributed by atoms with van der Waals surface area (Å²) in [6.45, 7) is 5.66. The van der Waals surface area contributed by atoms with Crippen LogP contribution in [0.3, 0.4) is 0 Å². The number of aryl methyl sites for hydroxylation is 1. The number of amides is 1. The van der Waals surface area contributed by atoms with E-state index in [1.54, 1.807) is 23.2 Å². The minimum absolute atomic E-state index is 0.0866. The van der Waals surface area contributed by atoms with Gasteiger partial charge in [0.25, 0.3) is 0 Å². The molecule has 0 saturated heterocycles. The number of carbonyl (C=O) groups is 1. The van der Waals surface area contributed by atoms with E-state index < -0.39 is 0 Å². The fourth-order valence-electron chi connectivity index (χ4n) is 2.14. The second-order valence-corrected chi connectivity index (χ2v) is 6.16. The largest absolute Gasteiger partial charge is 0.352 e. The van der Waals surface area contributed by atoms with Gasteiger partial charge < -0.3 is 5.32 Å². The Labute approximate surface area is 142 Å². The molecular formula is C18H22ClN3O. The van der Waals surface area contributed by atoms with Crippen LogP contribution in [0, 0.1) is 0 Å². The van der Waals surface area contributed by atoms with Crippen molar-refractivity contribution in [2.75, 3.05) is 6.54 Å². The topological polar surface area (TPSA) is 46.9 Å². The zero-order valence-corrected chi connectivity index (χ0v) is 14.3. The first kappa shape index (κ1) is 17.3. The lowest BCUT2D eigenvalue weighted by Crippen LogP contribution is -2.23. The average Bonchev–Trinajstić information content (AvgIpc) is 2.95. The quantitative estimate of drug-likeness (QED) is 0.618. The molecule has 0 aliphatic heterocycles. The van der Waals surface area contributed by atoms with Crippen LogP contribution in [0.5, 0.6) is 0 Å². The number of benzene rings is 1. The van der Waals surface area contributed by atoms with E-state index in [-0.39, 0.29) is 5.91 Å². The molecule has 2 aromatic rings. The molecule has 0 bridgehead atoms. The molecule has 0 fully saturated rings. The van der Waals surface area contributed by atoms with Crippen LogP contribution in [-0.4, -0.2) is 22.2 Å². The molecule has 5 heteroatoms. The molecule has 1 heterocycles. The molecule has 1 aromatic heterocycles. The lowest BCUT2D eigenvalue weighted by molar-refractivity contribution is -0.116. The summed E-state index contributed by atoms with van der Waals surface area (Å²) < 4.78 is 1.76. The van der Waals surface area contributed by atoms with E-state index in [9.17, 15) is 4.79 Å². The summed E-state index contributed by atoms with van der Waals surface area (Å²) in [5, 5.41) is 7.57. The number of aromatic nitrogens is 2. The average molecular weight is 332 g/mol. The normalized spacial score (nSPS) is 11.3. The molecular weight excluding hydrogens is 310 g/mol. The predicted molar refractivity (Wildman–Crippen MR) is 94.4 cm³/mol. The van der Waals surface area contributed by atoms with Gasteiger partial charge >= 0.3 is 0 Å². The molecule has 0 atom stereocenters. The maximum absolute atomic E-state index is 11.8. The zero-order valence-electron chi connectivity index (χ0n) is 13.5. The van der Waals surface area contributed by atoms with Gasteiger partial charge in [-0.3, -0.25) is 9.48 Å². The predicted octanol–water partition coefficient (Wildman–Crippen LogP) is 3.88. The first-order chi connectivity index (χ1) is 11.0. The molecule has 122 valence electrons. The van der Waals surface area contributed by atoms with E-state index >= 15 is 0 Å². The van der Waals surface area contributed by atoms with E-state index in [0.717, 1.165) is 18.5 Å². The molecule has 0 unspecified atom stereocenters. The van der Waals surface area contributed by atoms with Crippen molar-refractivity contribution in [2.45, 2.75) is 32.7 Å². The van der Waals surface area contributed by atoms with Crippen molar-refractivity contribution in [1.29, 1.82) is 0 Å². The van der Waals surface area contributed by atoms with Gasteiger partial charge in [0, 0.05) is 25.4 Å². The maximum atomic E-state index is 11.8. The Bertz CT molecular complexity index is 659. The number of halogens is 1. The lowest BCUT2D eigenvalue weighted by Gasteiger charge is -2.05. The summed E-state index contributed by atoms with van der Waals surface area (Å²) >= 11 is 5.79. The van der Waals surface area contributed by atoms with Crippen molar-refractivity contribution in [3.05, 3.63) is 58.9 Å². The third-order valence-corrected chi connectivity index (χ3v) is 3.69. The first-order valence-corrected chi connectivity index (χ1v) is 8.16. The molecule has 0 aliphatic carbocycles. The summed E-state index contributed by atoms with van der Waals surface area (Å²) in [6.07, 6.45) is 7.57. The summed E-state index contributed by atoms with van der Waals surface area (Å²) in [5.41, 5.74) is 2.32. The number of carbonyl (C=O) groups excluding carboxylic acids is 1. The van der Waals surface area contributed by atoms with Crippen molar-refractivity contribution < 1.29 is 4.79 Å². The van der Waals surface area contributed by atoms with E-state index in [0.29, 0.717) is 17.5 Å². The number of nitrogens with zero attached hydrogens (tertiary/aromatic N) is 2. The van der Waals surface area contributed by atoms with Crippen molar-refractivity contribution in [1.82, 2.24) is 15.1 Å². The highest BCUT2D eigenvalue weighted by atomic mass is 35.5. The molecule has 0 radical (unpaired) electrons. The number of rotatable bonds is 7. The van der Waals surface area contributed by atoms with Crippen molar-refractivity contribution >= 4 is 23.6 Å². The smallest absolute Gasteiger partial charge is 0.244 e. The molecule has 0 saturated carbocycles. The summed E-state index contributed by atoms with van der Waals surface area (Å²) in [6, 6.07) is 8.25. The summed E-state index contributed by atoms with van der Waals surface area (Å²) in [4.78, 5) is 11.8. The lowest BCUT2D eigenvalue weighted by atomic mass is 10.0. The Morgan fingerprint density at radius 1 is 1.35 bits per heavy atom. The highest BCUT2D eigenvalue weighted by molar-refractivity contribution is 6.30. The SMILES string of the molecule is CC(C)c1ccc(/C=C/C(=O)NCCCn2cc(Cl)cn2)cc1. The van der Waals surface area contributed by atoms with Gasteiger partial charge in [-0.15, -0.1) is 0 Å². The van der Waals surface area contributed by atoms with Crippen molar-refractivity contribution in [3.8, 4) is 0 Å². The Hall–Kier alpha value is -2.07. The van der Waals surface area contributed by atoms with Crippen molar-refractivity contribution in [3.63, 3.8) is 0 Å². The minimum atomic E-state index is -0.0866. The van der Waals surface area contributed by atoms with Crippen LogP contribution < -0.4 is 5.32 Å². The number of nitrogens with one attached hydrogen (secondary N) is 1. The number of hydrogen-bond donors (Lipinski definition) is 1. The van der Waals surface area contributed by atoms with Crippen LogP contribution in [0.2, 0.25) is 5.02 Å². The Morgan fingerprint density at radius 3 is 2.70 bits per heavy atom. The van der Waals surface area contributed by atoms with E-state index in [4.69, 9.17) is 11.6 Å². The molecule has 1 aromatic carbocycles. The fraction of sp³-hybridized carbons (Fsp3) is 0.333. The van der Waals surface area contributed by atoms with Crippen LogP contribution >= 0.6 is 11.6 Å². The van der Waals surface area contributed by atoms with Gasteiger partial charge in [-0.25, -0.2) is 0 Å². The van der Waals surface area contributed by atoms with Gasteiger partial charge in [-0.2, -0.15) is 5.10 Å². The molecule has 0 aliphatic rings. The summed E-state index contributed by atoms with van der Waals surface area (Å²) in [7, 11) is 0. The Balaban J connectivity index is 1.71. The van der Waals surface area contributed by atoms with Gasteiger partial charge in [0.15, 0.2) is 0 Å². The molecule has 0 spiro atoms. The Kier molecular flexibility index (Phi) is 6.41. The van der Waals surface area contributed by atoms with Crippen LogP contribution in [-0.2, 0) is 11.3 Å². The van der Waals surface area contributed by atoms with Gasteiger partial charge in [0.1, 0.15) is 0 Å². The standard InChI is InChI=1S/C18H22ClN3O/c1-14(2)16-7-4-15(5-8-16)6-9-18(23)20-10-3-11-22-13-17(19)12-21-22/h4-9,12-14H,3,10-11H2,1-2H3,(H,20,23)/b9-6+. The Morgan fingerprint density at radius 2 is 2.09 bits per heavy atom. The van der Waals surface area contributed by atoms with Gasteiger partial charge in [-0.05, 0) is 29.5 Å². The van der Waals surface area contributed by atoms with Crippen LogP contribution in [0.25, 0.3) is 6.08 Å². The molecule has 1 N–H and O–H groups in total. The van der Waals surface area contributed by atoms with Crippen LogP contribution in [0.4, 0.5) is 0 Å². The first-order valence-electron chi connectivity index (χ1n) is 7.78. The highest BCUT2D eigenvalue weighted by Gasteiger charge is 1.99. The minimum Gasteiger partial charge on any atom is -0.352 e. The second kappa shape index (κ2) is 8.53. The molecule has 4 nitrogen and oxygen atoms in total. The van der Waals surface area contributed by atoms with E-state index in [1.807, 2.05) is 18.2 Å². The second-order valence-electron chi connectivity index (χ2n) is 5.72. The van der Waals surface area contributed by atoms with Gasteiger partial charge in [0.05, 0.1) is 11.2 Å². The highest BCUT2D eigenvalue weighted by Crippen LogP contribution is 2.15.